The number of nitro groups is 1. The number of hydrogen-bond acceptors (Lipinski definition) is 2. The van der Waals surface area contributed by atoms with Gasteiger partial charge < -0.3 is 12.4 Å². The molecule has 5 heteroatoms. The SMILES string of the molecule is C[S+](C)Cc1ccc([N+](=O)[O-])cc1.[Cl-]. The van der Waals surface area contributed by atoms with Crippen LogP contribution in [0.5, 0.6) is 0 Å². The Kier molecular flexibility index (Phi) is 5.57. The van der Waals surface area contributed by atoms with E-state index < -0.39 is 0 Å². The van der Waals surface area contributed by atoms with E-state index in [-0.39, 0.29) is 23.0 Å². The Hall–Kier alpha value is -0.740. The molecule has 0 saturated carbocycles. The van der Waals surface area contributed by atoms with E-state index in [0.717, 1.165) is 5.75 Å². The summed E-state index contributed by atoms with van der Waals surface area (Å²) in [6, 6.07) is 6.76. The summed E-state index contributed by atoms with van der Waals surface area (Å²) < 4.78 is 0. The fourth-order valence-corrected chi connectivity index (χ4v) is 1.91. The Balaban J connectivity index is 0.00000169. The quantitative estimate of drug-likeness (QED) is 0.381. The molecule has 0 bridgehead atoms. The van der Waals surface area contributed by atoms with Gasteiger partial charge in [-0.05, 0) is 23.0 Å². The number of non-ortho nitro benzene ring substituents is 1. The van der Waals surface area contributed by atoms with Crippen molar-refractivity contribution in [2.75, 3.05) is 12.5 Å². The molecule has 78 valence electrons. The number of rotatable bonds is 3. The first-order valence-electron chi connectivity index (χ1n) is 3.87. The second kappa shape index (κ2) is 5.88. The Morgan fingerprint density at radius 3 is 2.14 bits per heavy atom. The molecule has 0 aliphatic carbocycles. The van der Waals surface area contributed by atoms with Gasteiger partial charge >= 0.3 is 0 Å². The Morgan fingerprint density at radius 1 is 1.29 bits per heavy atom. The molecule has 3 nitrogen and oxygen atoms in total. The maximum atomic E-state index is 10.3. The second-order valence-corrected chi connectivity index (χ2v) is 5.31. The molecule has 1 aromatic rings. The molecule has 0 fully saturated rings. The van der Waals surface area contributed by atoms with E-state index in [1.807, 2.05) is 12.1 Å². The molecule has 0 aliphatic heterocycles. The molecule has 14 heavy (non-hydrogen) atoms. The molecule has 0 heterocycles. The van der Waals surface area contributed by atoms with Gasteiger partial charge in [0.1, 0.15) is 5.75 Å². The third-order valence-electron chi connectivity index (χ3n) is 1.60. The van der Waals surface area contributed by atoms with Crippen LogP contribution in [0.2, 0.25) is 0 Å². The standard InChI is InChI=1S/C9H12NO2S.ClH/c1-13(2)7-8-3-5-9(6-4-8)10(11)12;/h3-6H,7H2,1-2H3;1H/q+1;/p-1. The molecule has 0 N–H and O–H groups in total. The first-order chi connectivity index (χ1) is 6.09. The highest BCUT2D eigenvalue weighted by molar-refractivity contribution is 7.94. The average Bonchev–Trinajstić information content (AvgIpc) is 2.04. The summed E-state index contributed by atoms with van der Waals surface area (Å²) in [5, 5.41) is 10.3. The van der Waals surface area contributed by atoms with Crippen molar-refractivity contribution in [2.24, 2.45) is 0 Å². The lowest BCUT2D eigenvalue weighted by molar-refractivity contribution is -0.384. The first-order valence-corrected chi connectivity index (χ1v) is 6.08. The Bertz CT molecular complexity index is 300. The molecule has 0 radical (unpaired) electrons. The van der Waals surface area contributed by atoms with Gasteiger partial charge in [0.05, 0.1) is 17.4 Å². The molecule has 0 saturated heterocycles. The minimum absolute atomic E-state index is 0. The molecular formula is C9H12ClNO2S. The minimum atomic E-state index is -0.374. The van der Waals surface area contributed by atoms with Crippen LogP contribution in [-0.2, 0) is 16.6 Å². The van der Waals surface area contributed by atoms with E-state index in [4.69, 9.17) is 0 Å². The van der Waals surface area contributed by atoms with Gasteiger partial charge in [-0.3, -0.25) is 10.1 Å². The fraction of sp³-hybridized carbons (Fsp3) is 0.333. The minimum Gasteiger partial charge on any atom is -1.00 e. The maximum absolute atomic E-state index is 10.3. The van der Waals surface area contributed by atoms with Crippen LogP contribution < -0.4 is 12.4 Å². The highest BCUT2D eigenvalue weighted by Crippen LogP contribution is 2.13. The molecule has 1 aromatic carbocycles. The summed E-state index contributed by atoms with van der Waals surface area (Å²) in [5.74, 6) is 0.998. The largest absolute Gasteiger partial charge is 1.00 e. The van der Waals surface area contributed by atoms with Crippen LogP contribution in [0.25, 0.3) is 0 Å². The molecule has 0 aliphatic rings. The van der Waals surface area contributed by atoms with E-state index >= 15 is 0 Å². The number of halogens is 1. The zero-order valence-electron chi connectivity index (χ0n) is 8.07. The third-order valence-corrected chi connectivity index (χ3v) is 2.51. The third kappa shape index (κ3) is 3.98. The second-order valence-electron chi connectivity index (χ2n) is 3.05. The highest BCUT2D eigenvalue weighted by atomic mass is 35.5. The smallest absolute Gasteiger partial charge is 0.269 e. The van der Waals surface area contributed by atoms with E-state index in [1.165, 1.54) is 5.56 Å². The molecule has 0 unspecified atom stereocenters. The van der Waals surface area contributed by atoms with Gasteiger partial charge in [0.25, 0.3) is 5.69 Å². The summed E-state index contributed by atoms with van der Waals surface area (Å²) in [4.78, 5) is 9.97. The van der Waals surface area contributed by atoms with Crippen LogP contribution in [-0.4, -0.2) is 17.4 Å². The van der Waals surface area contributed by atoms with Crippen LogP contribution in [0.1, 0.15) is 5.56 Å². The molecule has 0 aromatic heterocycles. The Morgan fingerprint density at radius 2 is 1.79 bits per heavy atom. The van der Waals surface area contributed by atoms with Gasteiger partial charge in [-0.15, -0.1) is 0 Å². The van der Waals surface area contributed by atoms with Crippen LogP contribution in [0.3, 0.4) is 0 Å². The van der Waals surface area contributed by atoms with Crippen LogP contribution in [0.4, 0.5) is 5.69 Å². The van der Waals surface area contributed by atoms with Gasteiger partial charge in [-0.25, -0.2) is 0 Å². The first kappa shape index (κ1) is 13.3. The van der Waals surface area contributed by atoms with E-state index in [9.17, 15) is 10.1 Å². The maximum Gasteiger partial charge on any atom is 0.269 e. The zero-order valence-corrected chi connectivity index (χ0v) is 9.64. The van der Waals surface area contributed by atoms with Gasteiger partial charge in [0.2, 0.25) is 0 Å². The van der Waals surface area contributed by atoms with Gasteiger partial charge in [-0.2, -0.15) is 0 Å². The lowest BCUT2D eigenvalue weighted by atomic mass is 10.2. The highest BCUT2D eigenvalue weighted by Gasteiger charge is 2.07. The number of nitro benzene ring substituents is 1. The predicted octanol–water partition coefficient (Wildman–Crippen LogP) is -1.02. The number of benzene rings is 1. The van der Waals surface area contributed by atoms with Crippen molar-refractivity contribution in [3.8, 4) is 0 Å². The van der Waals surface area contributed by atoms with E-state index in [0.29, 0.717) is 10.9 Å². The van der Waals surface area contributed by atoms with Crippen molar-refractivity contribution in [3.63, 3.8) is 0 Å². The normalized spacial score (nSPS) is 9.64. The fourth-order valence-electron chi connectivity index (χ4n) is 1.05. The van der Waals surface area contributed by atoms with Crippen molar-refractivity contribution in [2.45, 2.75) is 5.75 Å². The summed E-state index contributed by atoms with van der Waals surface area (Å²) in [6.45, 7) is 0. The van der Waals surface area contributed by atoms with E-state index in [1.54, 1.807) is 12.1 Å². The molecule has 0 spiro atoms. The van der Waals surface area contributed by atoms with Crippen LogP contribution >= 0.6 is 0 Å². The van der Waals surface area contributed by atoms with Crippen molar-refractivity contribution >= 4 is 16.6 Å². The average molecular weight is 234 g/mol. The monoisotopic (exact) mass is 233 g/mol. The lowest BCUT2D eigenvalue weighted by Gasteiger charge is -1.97. The van der Waals surface area contributed by atoms with Crippen LogP contribution in [0, 0.1) is 10.1 Å². The van der Waals surface area contributed by atoms with Crippen molar-refractivity contribution in [1.29, 1.82) is 0 Å². The summed E-state index contributed by atoms with van der Waals surface area (Å²) in [5.41, 5.74) is 1.33. The lowest BCUT2D eigenvalue weighted by Crippen LogP contribution is -3.00. The van der Waals surface area contributed by atoms with Gasteiger partial charge in [0.15, 0.2) is 0 Å². The predicted molar refractivity (Wildman–Crippen MR) is 56.0 cm³/mol. The van der Waals surface area contributed by atoms with Crippen molar-refractivity contribution < 1.29 is 17.3 Å². The molecular weight excluding hydrogens is 222 g/mol. The molecule has 0 atom stereocenters. The van der Waals surface area contributed by atoms with Gasteiger partial charge in [-0.1, -0.05) is 0 Å². The Labute approximate surface area is 92.4 Å². The van der Waals surface area contributed by atoms with Gasteiger partial charge in [0, 0.05) is 17.7 Å². The number of nitrogens with zero attached hydrogens (tertiary/aromatic N) is 1. The summed E-state index contributed by atoms with van der Waals surface area (Å²) >= 11 is 0. The van der Waals surface area contributed by atoms with Crippen molar-refractivity contribution in [3.05, 3.63) is 39.9 Å². The molecule has 1 rings (SSSR count). The van der Waals surface area contributed by atoms with Crippen LogP contribution in [0.15, 0.2) is 24.3 Å². The topological polar surface area (TPSA) is 43.1 Å². The zero-order chi connectivity index (χ0) is 9.84. The van der Waals surface area contributed by atoms with E-state index in [2.05, 4.69) is 12.5 Å². The molecule has 0 amide bonds. The summed E-state index contributed by atoms with van der Waals surface area (Å²) in [6.07, 6.45) is 4.31. The van der Waals surface area contributed by atoms with Crippen molar-refractivity contribution in [1.82, 2.24) is 0 Å². The summed E-state index contributed by atoms with van der Waals surface area (Å²) in [7, 11) is 0.346. The number of hydrogen-bond donors (Lipinski definition) is 0.